The van der Waals surface area contributed by atoms with Crippen molar-refractivity contribution in [3.63, 3.8) is 0 Å². The van der Waals surface area contributed by atoms with E-state index in [-0.39, 0.29) is 24.6 Å². The normalized spacial score (nSPS) is 28.1. The predicted molar refractivity (Wildman–Crippen MR) is 73.5 cm³/mol. The summed E-state index contributed by atoms with van der Waals surface area (Å²) in [5.41, 5.74) is 0. The van der Waals surface area contributed by atoms with Gasteiger partial charge in [0.1, 0.15) is 44.6 Å². The number of hydrogen-bond donors (Lipinski definition) is 2. The lowest BCUT2D eigenvalue weighted by atomic mass is 10.2. The van der Waals surface area contributed by atoms with Crippen molar-refractivity contribution in [2.75, 3.05) is 26.2 Å². The molecule has 0 aromatic heterocycles. The first-order valence-corrected chi connectivity index (χ1v) is 7.09. The summed E-state index contributed by atoms with van der Waals surface area (Å²) < 4.78 is 24.4. The van der Waals surface area contributed by atoms with Crippen molar-refractivity contribution < 1.29 is 23.9 Å². The first kappa shape index (κ1) is 15.2. The van der Waals surface area contributed by atoms with Gasteiger partial charge in [0.25, 0.3) is 0 Å². The lowest BCUT2D eigenvalue weighted by Gasteiger charge is -2.33. The van der Waals surface area contributed by atoms with Crippen molar-refractivity contribution in [2.24, 2.45) is 0 Å². The molecular formula is C15H23FNO3+. The van der Waals surface area contributed by atoms with E-state index in [1.807, 2.05) is 13.8 Å². The number of aliphatic hydroxyl groups is 1. The molecule has 112 valence electrons. The van der Waals surface area contributed by atoms with Gasteiger partial charge in [0.2, 0.25) is 0 Å². The van der Waals surface area contributed by atoms with Gasteiger partial charge in [-0.2, -0.15) is 0 Å². The van der Waals surface area contributed by atoms with Gasteiger partial charge in [-0.25, -0.2) is 4.39 Å². The smallest absolute Gasteiger partial charge is 0.165 e. The molecule has 0 aliphatic carbocycles. The molecule has 1 aromatic rings. The highest BCUT2D eigenvalue weighted by Crippen LogP contribution is 2.15. The van der Waals surface area contributed by atoms with Gasteiger partial charge in [0, 0.05) is 0 Å². The Labute approximate surface area is 119 Å². The van der Waals surface area contributed by atoms with Crippen molar-refractivity contribution in [2.45, 2.75) is 32.2 Å². The van der Waals surface area contributed by atoms with Crippen molar-refractivity contribution in [3.05, 3.63) is 30.1 Å². The summed E-state index contributed by atoms with van der Waals surface area (Å²) in [5, 5.41) is 10.0. The van der Waals surface area contributed by atoms with E-state index in [2.05, 4.69) is 0 Å². The molecule has 2 N–H and O–H groups in total. The maximum absolute atomic E-state index is 13.4. The second kappa shape index (κ2) is 7.02. The highest BCUT2D eigenvalue weighted by Gasteiger charge is 2.27. The van der Waals surface area contributed by atoms with Gasteiger partial charge in [0.15, 0.2) is 11.6 Å². The molecular weight excluding hydrogens is 261 g/mol. The molecule has 1 saturated heterocycles. The minimum absolute atomic E-state index is 0.105. The molecule has 20 heavy (non-hydrogen) atoms. The number of ether oxygens (including phenoxy) is 2. The second-order valence-electron chi connectivity index (χ2n) is 5.51. The molecule has 0 unspecified atom stereocenters. The van der Waals surface area contributed by atoms with Gasteiger partial charge in [-0.05, 0) is 26.0 Å². The third-order valence-corrected chi connectivity index (χ3v) is 3.41. The third kappa shape index (κ3) is 4.44. The minimum atomic E-state index is -0.609. The van der Waals surface area contributed by atoms with E-state index in [4.69, 9.17) is 9.47 Å². The molecule has 0 radical (unpaired) electrons. The summed E-state index contributed by atoms with van der Waals surface area (Å²) in [4.78, 5) is 1.29. The zero-order chi connectivity index (χ0) is 14.5. The number of nitrogens with one attached hydrogen (secondary N) is 1. The van der Waals surface area contributed by atoms with E-state index >= 15 is 0 Å². The Morgan fingerprint density at radius 1 is 1.35 bits per heavy atom. The van der Waals surface area contributed by atoms with Crippen LogP contribution < -0.4 is 9.64 Å². The number of rotatable bonds is 5. The summed E-state index contributed by atoms with van der Waals surface area (Å²) in [6.07, 6.45) is -0.205. The number of hydrogen-bond acceptors (Lipinski definition) is 3. The van der Waals surface area contributed by atoms with Crippen LogP contribution in [-0.4, -0.2) is 49.7 Å². The third-order valence-electron chi connectivity index (χ3n) is 3.41. The highest BCUT2D eigenvalue weighted by molar-refractivity contribution is 5.23. The maximum Gasteiger partial charge on any atom is 0.165 e. The Morgan fingerprint density at radius 3 is 2.65 bits per heavy atom. The van der Waals surface area contributed by atoms with Crippen LogP contribution in [-0.2, 0) is 4.74 Å². The average molecular weight is 284 g/mol. The maximum atomic E-state index is 13.4. The van der Waals surface area contributed by atoms with Gasteiger partial charge >= 0.3 is 0 Å². The largest absolute Gasteiger partial charge is 0.488 e. The van der Waals surface area contributed by atoms with E-state index < -0.39 is 11.9 Å². The molecule has 1 aliphatic rings. The Morgan fingerprint density at radius 2 is 2.00 bits per heavy atom. The van der Waals surface area contributed by atoms with E-state index in [0.29, 0.717) is 6.54 Å². The number of halogens is 1. The van der Waals surface area contributed by atoms with Crippen molar-refractivity contribution >= 4 is 0 Å². The van der Waals surface area contributed by atoms with Crippen LogP contribution in [0.5, 0.6) is 5.75 Å². The first-order chi connectivity index (χ1) is 9.54. The van der Waals surface area contributed by atoms with Crippen molar-refractivity contribution in [3.8, 4) is 5.75 Å². The quantitative estimate of drug-likeness (QED) is 0.815. The van der Waals surface area contributed by atoms with Crippen LogP contribution in [0.25, 0.3) is 0 Å². The van der Waals surface area contributed by atoms with Crippen molar-refractivity contribution in [1.82, 2.24) is 0 Å². The van der Waals surface area contributed by atoms with Gasteiger partial charge in [-0.1, -0.05) is 12.1 Å². The molecule has 5 heteroatoms. The van der Waals surface area contributed by atoms with Crippen LogP contribution >= 0.6 is 0 Å². The van der Waals surface area contributed by atoms with E-state index in [1.165, 1.54) is 11.0 Å². The van der Waals surface area contributed by atoms with Crippen LogP contribution in [0.1, 0.15) is 13.8 Å². The van der Waals surface area contributed by atoms with Crippen LogP contribution in [0.15, 0.2) is 24.3 Å². The second-order valence-corrected chi connectivity index (χ2v) is 5.51. The van der Waals surface area contributed by atoms with Crippen LogP contribution in [0.4, 0.5) is 4.39 Å². The summed E-state index contributed by atoms with van der Waals surface area (Å²) in [7, 11) is 0. The van der Waals surface area contributed by atoms with Gasteiger partial charge < -0.3 is 19.5 Å². The minimum Gasteiger partial charge on any atom is -0.488 e. The Balaban J connectivity index is 1.78. The van der Waals surface area contributed by atoms with E-state index in [1.54, 1.807) is 18.2 Å². The van der Waals surface area contributed by atoms with E-state index in [0.717, 1.165) is 13.1 Å². The standard InChI is InChI=1S/C15H22FNO3/c1-11-7-17(8-12(2)20-11)9-13(18)10-19-15-6-4-3-5-14(15)16/h3-6,11-13,18H,7-10H2,1-2H3/p+1/t11-,12-,13+/m1/s1. The summed E-state index contributed by atoms with van der Waals surface area (Å²) in [5.74, 6) is -0.217. The predicted octanol–water partition coefficient (Wildman–Crippen LogP) is 0.258. The first-order valence-electron chi connectivity index (χ1n) is 7.09. The van der Waals surface area contributed by atoms with Crippen LogP contribution in [0.3, 0.4) is 0 Å². The Bertz CT molecular complexity index is 419. The molecule has 1 fully saturated rings. The van der Waals surface area contributed by atoms with Crippen LogP contribution in [0, 0.1) is 5.82 Å². The highest BCUT2D eigenvalue weighted by atomic mass is 19.1. The zero-order valence-electron chi connectivity index (χ0n) is 12.0. The SMILES string of the molecule is C[C@@H]1C[NH+](C[C@H](O)COc2ccccc2F)C[C@@H](C)O1. The summed E-state index contributed by atoms with van der Waals surface area (Å²) in [6.45, 7) is 6.53. The lowest BCUT2D eigenvalue weighted by molar-refractivity contribution is -0.918. The fourth-order valence-electron chi connectivity index (χ4n) is 2.70. The number of para-hydroxylation sites is 1. The zero-order valence-corrected chi connectivity index (χ0v) is 12.0. The summed E-state index contributed by atoms with van der Waals surface area (Å²) >= 11 is 0. The molecule has 1 heterocycles. The molecule has 1 aromatic carbocycles. The Kier molecular flexibility index (Phi) is 5.34. The number of quaternary nitrogens is 1. The molecule has 0 saturated carbocycles. The molecule has 2 rings (SSSR count). The number of morpholine rings is 1. The van der Waals surface area contributed by atoms with Crippen molar-refractivity contribution in [1.29, 1.82) is 0 Å². The van der Waals surface area contributed by atoms with Gasteiger partial charge in [-0.15, -0.1) is 0 Å². The van der Waals surface area contributed by atoms with Crippen LogP contribution in [0.2, 0.25) is 0 Å². The molecule has 0 bridgehead atoms. The van der Waals surface area contributed by atoms with Gasteiger partial charge in [0.05, 0.1) is 0 Å². The number of benzene rings is 1. The number of aliphatic hydroxyl groups excluding tert-OH is 1. The molecule has 0 spiro atoms. The average Bonchev–Trinajstić information content (AvgIpc) is 2.36. The fourth-order valence-corrected chi connectivity index (χ4v) is 2.70. The molecule has 1 aliphatic heterocycles. The summed E-state index contributed by atoms with van der Waals surface area (Å²) in [6, 6.07) is 6.23. The topological polar surface area (TPSA) is 43.1 Å². The van der Waals surface area contributed by atoms with Gasteiger partial charge in [-0.3, -0.25) is 0 Å². The molecule has 3 atom stereocenters. The Hall–Kier alpha value is -1.17. The molecule has 0 amide bonds. The lowest BCUT2D eigenvalue weighted by Crippen LogP contribution is -3.16. The van der Waals surface area contributed by atoms with E-state index in [9.17, 15) is 9.50 Å². The fraction of sp³-hybridized carbons (Fsp3) is 0.600. The monoisotopic (exact) mass is 284 g/mol. The molecule has 4 nitrogen and oxygen atoms in total.